The Labute approximate surface area is 116 Å². The minimum Gasteiger partial charge on any atom is -0.320 e. The molecule has 3 heteroatoms. The Kier molecular flexibility index (Phi) is 4.75. The average molecular weight is 259 g/mol. The number of hydrogen-bond acceptors (Lipinski definition) is 3. The van der Waals surface area contributed by atoms with Crippen molar-refractivity contribution in [2.75, 3.05) is 39.8 Å². The summed E-state index contributed by atoms with van der Waals surface area (Å²) in [7, 11) is 2.17. The van der Waals surface area contributed by atoms with Gasteiger partial charge in [0, 0.05) is 32.7 Å². The molecule has 0 spiro atoms. The van der Waals surface area contributed by atoms with Crippen molar-refractivity contribution in [1.82, 2.24) is 9.80 Å². The van der Waals surface area contributed by atoms with E-state index in [1.807, 2.05) is 12.1 Å². The Morgan fingerprint density at radius 3 is 2.42 bits per heavy atom. The molecule has 1 atom stereocenters. The van der Waals surface area contributed by atoms with Gasteiger partial charge in [0.15, 0.2) is 0 Å². The van der Waals surface area contributed by atoms with Crippen LogP contribution in [0.1, 0.15) is 12.0 Å². The zero-order valence-corrected chi connectivity index (χ0v) is 11.9. The quantitative estimate of drug-likeness (QED) is 0.816. The molecule has 0 bridgehead atoms. The third-order valence-corrected chi connectivity index (χ3v) is 3.96. The molecule has 19 heavy (non-hydrogen) atoms. The normalized spacial score (nSPS) is 20.9. The number of hydrogen-bond donors (Lipinski definition) is 1. The summed E-state index contributed by atoms with van der Waals surface area (Å²) in [4.78, 5) is 4.83. The monoisotopic (exact) mass is 259 g/mol. The summed E-state index contributed by atoms with van der Waals surface area (Å²) in [5, 5.41) is 0. The topological polar surface area (TPSA) is 32.5 Å². The van der Waals surface area contributed by atoms with E-state index in [-0.39, 0.29) is 5.54 Å². The minimum atomic E-state index is -0.321. The first-order valence-corrected chi connectivity index (χ1v) is 7.00. The van der Waals surface area contributed by atoms with Gasteiger partial charge in [0.2, 0.25) is 0 Å². The summed E-state index contributed by atoms with van der Waals surface area (Å²) in [6.45, 7) is 9.21. The summed E-state index contributed by atoms with van der Waals surface area (Å²) in [5.41, 5.74) is 7.55. The lowest BCUT2D eigenvalue weighted by atomic mass is 9.87. The molecule has 104 valence electrons. The van der Waals surface area contributed by atoms with Gasteiger partial charge in [-0.25, -0.2) is 0 Å². The molecule has 3 nitrogen and oxygen atoms in total. The van der Waals surface area contributed by atoms with Crippen LogP contribution >= 0.6 is 0 Å². The standard InChI is InChI=1S/C16H25N3/c1-3-9-16(17,15-7-5-4-6-8-15)14-19-12-10-18(2)11-13-19/h3-8H,1,9-14,17H2,2H3. The second-order valence-corrected chi connectivity index (χ2v) is 5.59. The summed E-state index contributed by atoms with van der Waals surface area (Å²) in [5.74, 6) is 0. The third-order valence-electron chi connectivity index (χ3n) is 3.96. The molecular formula is C16H25N3. The Balaban J connectivity index is 2.09. The van der Waals surface area contributed by atoms with Gasteiger partial charge in [-0.15, -0.1) is 6.58 Å². The van der Waals surface area contributed by atoms with Gasteiger partial charge >= 0.3 is 0 Å². The van der Waals surface area contributed by atoms with Gasteiger partial charge in [0.1, 0.15) is 0 Å². The fourth-order valence-corrected chi connectivity index (χ4v) is 2.71. The summed E-state index contributed by atoms with van der Waals surface area (Å²) < 4.78 is 0. The highest BCUT2D eigenvalue weighted by Gasteiger charge is 2.29. The Bertz CT molecular complexity index is 396. The molecule has 1 unspecified atom stereocenters. The van der Waals surface area contributed by atoms with Crippen LogP contribution < -0.4 is 5.73 Å². The van der Waals surface area contributed by atoms with Crippen LogP contribution in [0.3, 0.4) is 0 Å². The molecule has 2 rings (SSSR count). The Morgan fingerprint density at radius 1 is 1.21 bits per heavy atom. The van der Waals surface area contributed by atoms with Crippen molar-refractivity contribution in [3.05, 3.63) is 48.6 Å². The number of benzene rings is 1. The molecule has 1 aliphatic heterocycles. The Morgan fingerprint density at radius 2 is 1.84 bits per heavy atom. The molecule has 1 aliphatic rings. The van der Waals surface area contributed by atoms with Crippen LogP contribution in [0.25, 0.3) is 0 Å². The highest BCUT2D eigenvalue weighted by atomic mass is 15.3. The van der Waals surface area contributed by atoms with E-state index in [1.165, 1.54) is 5.56 Å². The van der Waals surface area contributed by atoms with Crippen molar-refractivity contribution in [2.45, 2.75) is 12.0 Å². The van der Waals surface area contributed by atoms with Gasteiger partial charge in [-0.3, -0.25) is 4.90 Å². The van der Waals surface area contributed by atoms with Crippen LogP contribution in [0.15, 0.2) is 43.0 Å². The first kappa shape index (κ1) is 14.3. The van der Waals surface area contributed by atoms with E-state index in [4.69, 9.17) is 5.73 Å². The SMILES string of the molecule is C=CCC(N)(CN1CCN(C)CC1)c1ccccc1. The maximum Gasteiger partial charge on any atom is 0.0573 e. The van der Waals surface area contributed by atoms with E-state index < -0.39 is 0 Å². The van der Waals surface area contributed by atoms with Gasteiger partial charge < -0.3 is 10.6 Å². The predicted octanol–water partition coefficient (Wildman–Crippen LogP) is 1.66. The number of likely N-dealkylation sites (N-methyl/N-ethyl adjacent to an activating group) is 1. The molecule has 0 radical (unpaired) electrons. The molecule has 0 amide bonds. The van der Waals surface area contributed by atoms with Gasteiger partial charge in [-0.2, -0.15) is 0 Å². The second-order valence-electron chi connectivity index (χ2n) is 5.59. The molecular weight excluding hydrogens is 234 g/mol. The van der Waals surface area contributed by atoms with Crippen LogP contribution in [-0.2, 0) is 5.54 Å². The molecule has 1 fully saturated rings. The second kappa shape index (κ2) is 6.33. The van der Waals surface area contributed by atoms with E-state index in [9.17, 15) is 0 Å². The molecule has 1 aromatic rings. The highest BCUT2D eigenvalue weighted by molar-refractivity contribution is 5.25. The van der Waals surface area contributed by atoms with Crippen LogP contribution in [-0.4, -0.2) is 49.6 Å². The smallest absolute Gasteiger partial charge is 0.0573 e. The van der Waals surface area contributed by atoms with Crippen LogP contribution in [0.2, 0.25) is 0 Å². The van der Waals surface area contributed by atoms with Crippen molar-refractivity contribution in [3.63, 3.8) is 0 Å². The van der Waals surface area contributed by atoms with Crippen LogP contribution in [0.4, 0.5) is 0 Å². The van der Waals surface area contributed by atoms with Crippen LogP contribution in [0.5, 0.6) is 0 Å². The summed E-state index contributed by atoms with van der Waals surface area (Å²) in [6.07, 6.45) is 2.74. The van der Waals surface area contributed by atoms with Crippen LogP contribution in [0, 0.1) is 0 Å². The predicted molar refractivity (Wildman–Crippen MR) is 81.1 cm³/mol. The first-order chi connectivity index (χ1) is 9.14. The molecule has 1 aromatic carbocycles. The maximum absolute atomic E-state index is 6.67. The van der Waals surface area contributed by atoms with Gasteiger partial charge in [0.25, 0.3) is 0 Å². The van der Waals surface area contributed by atoms with Crippen molar-refractivity contribution in [1.29, 1.82) is 0 Å². The van der Waals surface area contributed by atoms with E-state index in [1.54, 1.807) is 0 Å². The van der Waals surface area contributed by atoms with E-state index in [0.29, 0.717) is 0 Å². The average Bonchev–Trinajstić information content (AvgIpc) is 2.43. The zero-order chi connectivity index (χ0) is 13.7. The molecule has 1 heterocycles. The van der Waals surface area contributed by atoms with Crippen molar-refractivity contribution in [3.8, 4) is 0 Å². The largest absolute Gasteiger partial charge is 0.320 e. The van der Waals surface area contributed by atoms with Gasteiger partial charge in [0.05, 0.1) is 5.54 Å². The van der Waals surface area contributed by atoms with E-state index >= 15 is 0 Å². The fourth-order valence-electron chi connectivity index (χ4n) is 2.71. The Hall–Kier alpha value is -1.16. The number of rotatable bonds is 5. The number of piperazine rings is 1. The number of nitrogens with two attached hydrogens (primary N) is 1. The maximum atomic E-state index is 6.67. The third kappa shape index (κ3) is 3.66. The minimum absolute atomic E-state index is 0.321. The van der Waals surface area contributed by atoms with Crippen molar-refractivity contribution in [2.24, 2.45) is 5.73 Å². The lowest BCUT2D eigenvalue weighted by molar-refractivity contribution is 0.126. The number of nitrogens with zero attached hydrogens (tertiary/aromatic N) is 2. The molecule has 0 aromatic heterocycles. The van der Waals surface area contributed by atoms with E-state index in [0.717, 1.165) is 39.1 Å². The molecule has 2 N–H and O–H groups in total. The van der Waals surface area contributed by atoms with Gasteiger partial charge in [-0.1, -0.05) is 36.4 Å². The highest BCUT2D eigenvalue weighted by Crippen LogP contribution is 2.24. The zero-order valence-electron chi connectivity index (χ0n) is 11.9. The van der Waals surface area contributed by atoms with E-state index in [2.05, 4.69) is 47.7 Å². The van der Waals surface area contributed by atoms with Crippen molar-refractivity contribution >= 4 is 0 Å². The first-order valence-electron chi connectivity index (χ1n) is 7.00. The lowest BCUT2D eigenvalue weighted by Gasteiger charge is -2.39. The van der Waals surface area contributed by atoms with Gasteiger partial charge in [-0.05, 0) is 19.0 Å². The fraction of sp³-hybridized carbons (Fsp3) is 0.500. The molecule has 0 saturated carbocycles. The lowest BCUT2D eigenvalue weighted by Crippen LogP contribution is -2.53. The van der Waals surface area contributed by atoms with Crippen molar-refractivity contribution < 1.29 is 0 Å². The molecule has 0 aliphatic carbocycles. The summed E-state index contributed by atoms with van der Waals surface area (Å²) >= 11 is 0. The summed E-state index contributed by atoms with van der Waals surface area (Å²) in [6, 6.07) is 10.4. The molecule has 1 saturated heterocycles.